The topological polar surface area (TPSA) is 55.8 Å². The average molecular weight is 588 g/mol. The summed E-state index contributed by atoms with van der Waals surface area (Å²) in [7, 11) is 4.19. The highest BCUT2D eigenvalue weighted by Gasteiger charge is 2.63. The number of nitrogens with zero attached hydrogens (tertiary/aromatic N) is 1. The summed E-state index contributed by atoms with van der Waals surface area (Å²) < 4.78 is 12.1. The molecule has 0 saturated heterocycles. The van der Waals surface area contributed by atoms with Gasteiger partial charge in [0.2, 0.25) is 0 Å². The number of carbonyl (C=O) groups is 2. The number of carbonyl (C=O) groups excluding carboxylic acids is 2. The van der Waals surface area contributed by atoms with Gasteiger partial charge in [-0.1, -0.05) is 56.4 Å². The van der Waals surface area contributed by atoms with E-state index in [2.05, 4.69) is 56.3 Å². The first-order valence-electron chi connectivity index (χ1n) is 17.2. The van der Waals surface area contributed by atoms with E-state index in [4.69, 9.17) is 9.47 Å². The SMILES string of the molecule is CC(=O)O[C@]1(CCOC(=O)CCC2CCCC2)CC[C@H]2[C@@H]3CCC4=CC(c5ccc(N(C)C)cc5)CCC4=C3CC[C@@]21C. The zero-order valence-corrected chi connectivity index (χ0v) is 27.1. The largest absolute Gasteiger partial charge is 0.466 e. The van der Waals surface area contributed by atoms with Gasteiger partial charge in [-0.15, -0.1) is 0 Å². The van der Waals surface area contributed by atoms with Crippen LogP contribution in [0, 0.1) is 23.2 Å². The van der Waals surface area contributed by atoms with Gasteiger partial charge in [0, 0.05) is 50.9 Å². The van der Waals surface area contributed by atoms with Crippen molar-refractivity contribution >= 4 is 17.6 Å². The highest BCUT2D eigenvalue weighted by molar-refractivity contribution is 5.69. The quantitative estimate of drug-likeness (QED) is 0.271. The molecule has 0 N–H and O–H groups in total. The highest BCUT2D eigenvalue weighted by atomic mass is 16.6. The number of fused-ring (bicyclic) bond motifs is 4. The van der Waals surface area contributed by atoms with Gasteiger partial charge in [-0.25, -0.2) is 0 Å². The van der Waals surface area contributed by atoms with Crippen molar-refractivity contribution < 1.29 is 19.1 Å². The smallest absolute Gasteiger partial charge is 0.305 e. The molecule has 1 aromatic rings. The molecule has 234 valence electrons. The van der Waals surface area contributed by atoms with Crippen molar-refractivity contribution in [2.45, 2.75) is 122 Å². The van der Waals surface area contributed by atoms with Crippen LogP contribution >= 0.6 is 0 Å². The Morgan fingerprint density at radius 3 is 2.44 bits per heavy atom. The normalized spacial score (nSPS) is 32.0. The van der Waals surface area contributed by atoms with Crippen molar-refractivity contribution in [2.75, 3.05) is 25.6 Å². The summed E-state index contributed by atoms with van der Waals surface area (Å²) in [6.07, 6.45) is 18.6. The maximum absolute atomic E-state index is 12.6. The number of hydrogen-bond donors (Lipinski definition) is 0. The number of hydrogen-bond acceptors (Lipinski definition) is 5. The van der Waals surface area contributed by atoms with Gasteiger partial charge in [0.25, 0.3) is 0 Å². The molecule has 1 aromatic carbocycles. The molecule has 0 radical (unpaired) electrons. The van der Waals surface area contributed by atoms with E-state index in [0.29, 0.717) is 43.1 Å². The molecule has 1 unspecified atom stereocenters. The van der Waals surface area contributed by atoms with Crippen molar-refractivity contribution in [3.05, 3.63) is 52.6 Å². The second-order valence-electron chi connectivity index (χ2n) is 14.8. The first-order valence-corrected chi connectivity index (χ1v) is 17.2. The molecule has 0 amide bonds. The number of allylic oxidation sites excluding steroid dienone is 4. The van der Waals surface area contributed by atoms with Crippen LogP contribution in [-0.2, 0) is 19.1 Å². The van der Waals surface area contributed by atoms with Gasteiger partial charge >= 0.3 is 11.9 Å². The monoisotopic (exact) mass is 587 g/mol. The first kappa shape index (κ1) is 30.5. The van der Waals surface area contributed by atoms with E-state index in [1.165, 1.54) is 56.2 Å². The van der Waals surface area contributed by atoms with Crippen LogP contribution in [0.5, 0.6) is 0 Å². The van der Waals surface area contributed by atoms with Crippen LogP contribution in [0.15, 0.2) is 47.1 Å². The van der Waals surface area contributed by atoms with Crippen LogP contribution in [0.25, 0.3) is 0 Å². The van der Waals surface area contributed by atoms with Gasteiger partial charge in [-0.3, -0.25) is 9.59 Å². The predicted octanol–water partition coefficient (Wildman–Crippen LogP) is 8.68. The third-order valence-corrected chi connectivity index (χ3v) is 12.4. The van der Waals surface area contributed by atoms with Gasteiger partial charge in [0.05, 0.1) is 6.61 Å². The molecule has 5 heteroatoms. The molecular weight excluding hydrogens is 534 g/mol. The summed E-state index contributed by atoms with van der Waals surface area (Å²) in [5.74, 6) is 1.99. The van der Waals surface area contributed by atoms with Crippen LogP contribution in [0.1, 0.15) is 122 Å². The Bertz CT molecular complexity index is 1250. The number of rotatable bonds is 9. The summed E-state index contributed by atoms with van der Waals surface area (Å²) in [5.41, 5.74) is 7.01. The summed E-state index contributed by atoms with van der Waals surface area (Å²) in [5, 5.41) is 0. The van der Waals surface area contributed by atoms with E-state index < -0.39 is 5.60 Å². The minimum atomic E-state index is -0.544. The highest BCUT2D eigenvalue weighted by Crippen LogP contribution is 2.65. The van der Waals surface area contributed by atoms with E-state index in [0.717, 1.165) is 38.5 Å². The van der Waals surface area contributed by atoms with E-state index in [-0.39, 0.29) is 17.4 Å². The van der Waals surface area contributed by atoms with Crippen molar-refractivity contribution in [3.8, 4) is 0 Å². The molecule has 5 nitrogen and oxygen atoms in total. The lowest BCUT2D eigenvalue weighted by molar-refractivity contribution is -0.180. The molecule has 3 fully saturated rings. The molecular formula is C38H53NO4. The number of ether oxygens (including phenoxy) is 2. The van der Waals surface area contributed by atoms with Gasteiger partial charge in [-0.05, 0) is 104 Å². The van der Waals surface area contributed by atoms with Gasteiger partial charge in [0.15, 0.2) is 0 Å². The molecule has 43 heavy (non-hydrogen) atoms. The Labute approximate surface area is 259 Å². The molecule has 0 spiro atoms. The summed E-state index contributed by atoms with van der Waals surface area (Å²) >= 11 is 0. The molecule has 0 aromatic heterocycles. The third kappa shape index (κ3) is 5.94. The third-order valence-electron chi connectivity index (χ3n) is 12.4. The standard InChI is InChI=1S/C38H53NO4/c1-26(40)43-38(23-24-42-36(41)18-9-27-7-5-6-8-27)22-20-35-34-17-13-30-25-29(28-10-14-31(15-11-28)39(3)4)12-16-32(30)33(34)19-21-37(35,38)2/h10-11,14-15,25,27,29,34-35H,5-9,12-13,16-24H2,1-4H3/t29?,34-,35+,37+,38+/m1/s1. The maximum atomic E-state index is 12.6. The lowest BCUT2D eigenvalue weighted by Crippen LogP contribution is -2.52. The fourth-order valence-corrected chi connectivity index (χ4v) is 9.97. The van der Waals surface area contributed by atoms with Crippen molar-refractivity contribution in [1.82, 2.24) is 0 Å². The Kier molecular flexibility index (Phi) is 8.82. The fourth-order valence-electron chi connectivity index (χ4n) is 9.97. The zero-order chi connectivity index (χ0) is 30.2. The summed E-state index contributed by atoms with van der Waals surface area (Å²) in [4.78, 5) is 27.2. The number of anilines is 1. The molecule has 0 bridgehead atoms. The van der Waals surface area contributed by atoms with Crippen LogP contribution < -0.4 is 4.90 Å². The van der Waals surface area contributed by atoms with E-state index in [1.54, 1.807) is 23.6 Å². The van der Waals surface area contributed by atoms with E-state index in [1.807, 2.05) is 0 Å². The number of esters is 2. The van der Waals surface area contributed by atoms with E-state index >= 15 is 0 Å². The molecule has 5 aliphatic rings. The van der Waals surface area contributed by atoms with Crippen molar-refractivity contribution in [3.63, 3.8) is 0 Å². The zero-order valence-electron chi connectivity index (χ0n) is 27.1. The molecule has 5 atom stereocenters. The van der Waals surface area contributed by atoms with Gasteiger partial charge < -0.3 is 14.4 Å². The maximum Gasteiger partial charge on any atom is 0.305 e. The minimum Gasteiger partial charge on any atom is -0.466 e. The van der Waals surface area contributed by atoms with Crippen molar-refractivity contribution in [1.29, 1.82) is 0 Å². The lowest BCUT2D eigenvalue weighted by Gasteiger charge is -2.53. The van der Waals surface area contributed by atoms with Crippen LogP contribution in [0.3, 0.4) is 0 Å². The Morgan fingerprint density at radius 2 is 1.72 bits per heavy atom. The lowest BCUT2D eigenvalue weighted by atomic mass is 9.54. The minimum absolute atomic E-state index is 0.0870. The Morgan fingerprint density at radius 1 is 0.953 bits per heavy atom. The number of benzene rings is 1. The first-order chi connectivity index (χ1) is 20.7. The van der Waals surface area contributed by atoms with Crippen molar-refractivity contribution in [2.24, 2.45) is 23.2 Å². The summed E-state index contributed by atoms with van der Waals surface area (Å²) in [6, 6.07) is 9.11. The van der Waals surface area contributed by atoms with E-state index in [9.17, 15) is 9.59 Å². The fraction of sp³-hybridized carbons (Fsp3) is 0.684. The molecule has 3 saturated carbocycles. The molecule has 0 heterocycles. The average Bonchev–Trinajstić information content (AvgIpc) is 3.62. The predicted molar refractivity (Wildman–Crippen MR) is 172 cm³/mol. The summed E-state index contributed by atoms with van der Waals surface area (Å²) in [6.45, 7) is 4.28. The van der Waals surface area contributed by atoms with Crippen LogP contribution in [0.4, 0.5) is 5.69 Å². The van der Waals surface area contributed by atoms with Crippen LogP contribution in [-0.4, -0.2) is 38.2 Å². The Hall–Kier alpha value is -2.56. The molecule has 5 aliphatic carbocycles. The molecule has 0 aliphatic heterocycles. The van der Waals surface area contributed by atoms with Gasteiger partial charge in [-0.2, -0.15) is 0 Å². The van der Waals surface area contributed by atoms with Gasteiger partial charge in [0.1, 0.15) is 5.60 Å². The Balaban J connectivity index is 1.15. The second-order valence-corrected chi connectivity index (χ2v) is 14.8. The second kappa shape index (κ2) is 12.4. The molecule has 6 rings (SSSR count). The van der Waals surface area contributed by atoms with Crippen LogP contribution in [0.2, 0.25) is 0 Å².